The van der Waals surface area contributed by atoms with Crippen LogP contribution in [0, 0.1) is 9.39 Å². The predicted octanol–water partition coefficient (Wildman–Crippen LogP) is 3.97. The summed E-state index contributed by atoms with van der Waals surface area (Å²) in [6.07, 6.45) is 0.877. The summed E-state index contributed by atoms with van der Waals surface area (Å²) in [5, 5.41) is 4.12. The van der Waals surface area contributed by atoms with Crippen LogP contribution in [0.2, 0.25) is 0 Å². The van der Waals surface area contributed by atoms with Crippen molar-refractivity contribution in [3.8, 4) is 0 Å². The molecule has 0 aliphatic heterocycles. The highest BCUT2D eigenvalue weighted by molar-refractivity contribution is 14.1. The van der Waals surface area contributed by atoms with Crippen LogP contribution >= 0.6 is 22.6 Å². The fourth-order valence-electron chi connectivity index (χ4n) is 1.82. The number of pyridine rings is 1. The molecule has 0 atom stereocenters. The molecule has 0 saturated heterocycles. The average Bonchev–Trinajstić information content (AvgIpc) is 2.30. The van der Waals surface area contributed by atoms with Gasteiger partial charge in [-0.25, -0.2) is 4.39 Å². The van der Waals surface area contributed by atoms with Gasteiger partial charge in [-0.15, -0.1) is 0 Å². The Morgan fingerprint density at radius 2 is 2.06 bits per heavy atom. The maximum Gasteiger partial charge on any atom is 0.125 e. The number of nitrogens with one attached hydrogen (secondary N) is 1. The van der Waals surface area contributed by atoms with E-state index in [0.29, 0.717) is 0 Å². The number of hydrogen-bond acceptors (Lipinski definition) is 2. The molecule has 0 radical (unpaired) electrons. The maximum atomic E-state index is 13.4. The van der Waals surface area contributed by atoms with E-state index in [1.807, 2.05) is 13.0 Å². The summed E-state index contributed by atoms with van der Waals surface area (Å²) in [7, 11) is 0. The van der Waals surface area contributed by atoms with Gasteiger partial charge in [0.25, 0.3) is 0 Å². The third-order valence-corrected chi connectivity index (χ3v) is 3.44. The van der Waals surface area contributed by atoms with Crippen LogP contribution in [0.3, 0.4) is 0 Å². The third-order valence-electron chi connectivity index (χ3n) is 2.61. The van der Waals surface area contributed by atoms with Gasteiger partial charge in [-0.1, -0.05) is 6.92 Å². The highest BCUT2D eigenvalue weighted by Crippen LogP contribution is 2.28. The summed E-state index contributed by atoms with van der Waals surface area (Å²) in [4.78, 5) is 4.56. The van der Waals surface area contributed by atoms with E-state index in [2.05, 4.69) is 39.8 Å². The number of aryl methyl sites for hydroxylation is 1. The monoisotopic (exact) mass is 344 g/mol. The molecule has 0 saturated carbocycles. The second kappa shape index (κ2) is 5.16. The summed E-state index contributed by atoms with van der Waals surface area (Å²) in [5.74, 6) is -0.216. The standard InChI is InChI=1S/C13H14FIN2/c1-3-9-7-12(16-4-2)10-5-8(14)6-11(15)13(10)17-9/h5-7H,3-4H2,1-2H3,(H,16,17). The van der Waals surface area contributed by atoms with Crippen molar-refractivity contribution in [2.45, 2.75) is 20.3 Å². The first-order chi connectivity index (χ1) is 8.15. The molecule has 0 aliphatic rings. The number of hydrogen-bond donors (Lipinski definition) is 1. The van der Waals surface area contributed by atoms with Crippen molar-refractivity contribution in [3.63, 3.8) is 0 Å². The van der Waals surface area contributed by atoms with Gasteiger partial charge in [0.05, 0.1) is 5.52 Å². The van der Waals surface area contributed by atoms with Gasteiger partial charge < -0.3 is 5.32 Å². The molecule has 2 aromatic rings. The number of fused-ring (bicyclic) bond motifs is 1. The number of benzene rings is 1. The predicted molar refractivity (Wildman–Crippen MR) is 78.0 cm³/mol. The Labute approximate surface area is 114 Å². The lowest BCUT2D eigenvalue weighted by Crippen LogP contribution is -2.01. The fraction of sp³-hybridized carbons (Fsp3) is 0.308. The van der Waals surface area contributed by atoms with Gasteiger partial charge in [0, 0.05) is 26.9 Å². The second-order valence-corrected chi connectivity index (χ2v) is 4.99. The van der Waals surface area contributed by atoms with Crippen molar-refractivity contribution in [1.82, 2.24) is 4.98 Å². The summed E-state index contributed by atoms with van der Waals surface area (Å²) >= 11 is 2.13. The van der Waals surface area contributed by atoms with Gasteiger partial charge in [0.2, 0.25) is 0 Å². The Bertz CT molecular complexity index is 555. The molecule has 90 valence electrons. The van der Waals surface area contributed by atoms with Crippen LogP contribution < -0.4 is 5.32 Å². The molecule has 0 bridgehead atoms. The average molecular weight is 344 g/mol. The van der Waals surface area contributed by atoms with E-state index in [0.717, 1.165) is 38.8 Å². The van der Waals surface area contributed by atoms with E-state index in [1.165, 1.54) is 6.07 Å². The van der Waals surface area contributed by atoms with Crippen LogP contribution in [0.1, 0.15) is 19.5 Å². The van der Waals surface area contributed by atoms with Crippen molar-refractivity contribution in [3.05, 3.63) is 33.3 Å². The Hall–Kier alpha value is -0.910. The number of rotatable bonds is 3. The first-order valence-electron chi connectivity index (χ1n) is 5.68. The molecule has 0 unspecified atom stereocenters. The minimum absolute atomic E-state index is 0.216. The summed E-state index contributed by atoms with van der Waals surface area (Å²) in [6, 6.07) is 5.06. The highest BCUT2D eigenvalue weighted by Gasteiger charge is 2.09. The molecule has 0 spiro atoms. The molecule has 0 aliphatic carbocycles. The maximum absolute atomic E-state index is 13.4. The van der Waals surface area contributed by atoms with E-state index in [1.54, 1.807) is 6.07 Å². The number of anilines is 1. The number of halogens is 2. The Morgan fingerprint density at radius 1 is 1.29 bits per heavy atom. The van der Waals surface area contributed by atoms with Crippen LogP contribution in [0.25, 0.3) is 10.9 Å². The third kappa shape index (κ3) is 2.51. The summed E-state index contributed by atoms with van der Waals surface area (Å²) in [6.45, 7) is 4.91. The lowest BCUT2D eigenvalue weighted by molar-refractivity contribution is 0.628. The smallest absolute Gasteiger partial charge is 0.125 e. The van der Waals surface area contributed by atoms with E-state index in [-0.39, 0.29) is 5.82 Å². The van der Waals surface area contributed by atoms with Gasteiger partial charge in [0.15, 0.2) is 0 Å². The lowest BCUT2D eigenvalue weighted by Gasteiger charge is -2.11. The van der Waals surface area contributed by atoms with Crippen molar-refractivity contribution in [1.29, 1.82) is 0 Å². The van der Waals surface area contributed by atoms with Gasteiger partial charge in [-0.05, 0) is 54.1 Å². The second-order valence-electron chi connectivity index (χ2n) is 3.83. The zero-order valence-corrected chi connectivity index (χ0v) is 12.0. The number of aromatic nitrogens is 1. The molecule has 1 heterocycles. The van der Waals surface area contributed by atoms with Crippen molar-refractivity contribution >= 4 is 39.2 Å². The molecule has 17 heavy (non-hydrogen) atoms. The molecule has 4 heteroatoms. The molecule has 1 aromatic heterocycles. The topological polar surface area (TPSA) is 24.9 Å². The summed E-state index contributed by atoms with van der Waals surface area (Å²) < 4.78 is 14.3. The molecule has 0 amide bonds. The SMILES string of the molecule is CCNc1cc(CC)nc2c(I)cc(F)cc12. The van der Waals surface area contributed by atoms with E-state index >= 15 is 0 Å². The zero-order valence-electron chi connectivity index (χ0n) is 9.85. The Balaban J connectivity index is 2.76. The van der Waals surface area contributed by atoms with E-state index in [4.69, 9.17) is 0 Å². The minimum Gasteiger partial charge on any atom is -0.385 e. The van der Waals surface area contributed by atoms with Crippen LogP contribution in [0.5, 0.6) is 0 Å². The van der Waals surface area contributed by atoms with E-state index < -0.39 is 0 Å². The first-order valence-corrected chi connectivity index (χ1v) is 6.76. The fourth-order valence-corrected chi connectivity index (χ4v) is 2.53. The van der Waals surface area contributed by atoms with Gasteiger partial charge in [0.1, 0.15) is 5.82 Å². The van der Waals surface area contributed by atoms with Gasteiger partial charge in [-0.3, -0.25) is 4.98 Å². The van der Waals surface area contributed by atoms with Crippen molar-refractivity contribution in [2.24, 2.45) is 0 Å². The molecular weight excluding hydrogens is 330 g/mol. The molecule has 1 N–H and O–H groups in total. The summed E-state index contributed by atoms with van der Waals surface area (Å²) in [5.41, 5.74) is 2.87. The Morgan fingerprint density at radius 3 is 2.71 bits per heavy atom. The van der Waals surface area contributed by atoms with Crippen LogP contribution in [-0.4, -0.2) is 11.5 Å². The zero-order chi connectivity index (χ0) is 12.4. The molecule has 0 fully saturated rings. The lowest BCUT2D eigenvalue weighted by atomic mass is 10.1. The number of nitrogens with zero attached hydrogens (tertiary/aromatic N) is 1. The molecule has 1 aromatic carbocycles. The van der Waals surface area contributed by atoms with E-state index in [9.17, 15) is 4.39 Å². The highest BCUT2D eigenvalue weighted by atomic mass is 127. The first kappa shape index (κ1) is 12.5. The minimum atomic E-state index is -0.216. The van der Waals surface area contributed by atoms with Crippen LogP contribution in [0.4, 0.5) is 10.1 Å². The van der Waals surface area contributed by atoms with Crippen molar-refractivity contribution in [2.75, 3.05) is 11.9 Å². The van der Waals surface area contributed by atoms with Gasteiger partial charge >= 0.3 is 0 Å². The Kier molecular flexibility index (Phi) is 3.81. The van der Waals surface area contributed by atoms with Crippen molar-refractivity contribution < 1.29 is 4.39 Å². The van der Waals surface area contributed by atoms with Crippen LogP contribution in [-0.2, 0) is 6.42 Å². The molecule has 2 rings (SSSR count). The van der Waals surface area contributed by atoms with Gasteiger partial charge in [-0.2, -0.15) is 0 Å². The largest absolute Gasteiger partial charge is 0.385 e. The normalized spacial score (nSPS) is 10.8. The molecule has 2 nitrogen and oxygen atoms in total. The quantitative estimate of drug-likeness (QED) is 0.853. The van der Waals surface area contributed by atoms with Crippen LogP contribution in [0.15, 0.2) is 18.2 Å². The molecular formula is C13H14FIN2.